The Kier molecular flexibility index (Phi) is 3.30. The Hall–Kier alpha value is -0.980. The lowest BCUT2D eigenvalue weighted by Gasteiger charge is -2.04. The third kappa shape index (κ3) is 2.74. The van der Waals surface area contributed by atoms with Crippen LogP contribution < -0.4 is 5.73 Å². The molecule has 2 aromatic heterocycles. The standard InChI is InChI=1S/C9H10N4S2/c1-6(10)7-2-3-8(11-4-7)15-9-13-12-5-14-9/h2-6H,10H2,1H3/t6-/m0/s1. The van der Waals surface area contributed by atoms with Crippen LogP contribution >= 0.6 is 23.1 Å². The molecule has 2 heterocycles. The predicted molar refractivity (Wildman–Crippen MR) is 60.9 cm³/mol. The van der Waals surface area contributed by atoms with Crippen molar-refractivity contribution in [2.75, 3.05) is 0 Å². The van der Waals surface area contributed by atoms with E-state index in [1.165, 1.54) is 23.1 Å². The zero-order valence-electron chi connectivity index (χ0n) is 8.12. The molecule has 0 fully saturated rings. The Bertz CT molecular complexity index is 410. The van der Waals surface area contributed by atoms with Gasteiger partial charge in [-0.15, -0.1) is 10.2 Å². The van der Waals surface area contributed by atoms with Gasteiger partial charge in [-0.05, 0) is 30.3 Å². The van der Waals surface area contributed by atoms with Crippen LogP contribution in [0.25, 0.3) is 0 Å². The summed E-state index contributed by atoms with van der Waals surface area (Å²) < 4.78 is 0.899. The Morgan fingerprint density at radius 1 is 1.47 bits per heavy atom. The SMILES string of the molecule is C[C@H](N)c1ccc(Sc2nncs2)nc1. The molecule has 1 atom stereocenters. The minimum atomic E-state index is 0.0260. The third-order valence-electron chi connectivity index (χ3n) is 1.82. The van der Waals surface area contributed by atoms with Gasteiger partial charge in [0, 0.05) is 12.2 Å². The fourth-order valence-electron chi connectivity index (χ4n) is 1.02. The molecule has 0 bridgehead atoms. The molecule has 0 amide bonds. The third-order valence-corrected chi connectivity index (χ3v) is 3.55. The van der Waals surface area contributed by atoms with Crippen molar-refractivity contribution in [3.8, 4) is 0 Å². The molecule has 0 aliphatic carbocycles. The number of rotatable bonds is 3. The highest BCUT2D eigenvalue weighted by molar-refractivity contribution is 8.00. The zero-order chi connectivity index (χ0) is 10.7. The molecule has 0 aliphatic rings. The largest absolute Gasteiger partial charge is 0.324 e. The van der Waals surface area contributed by atoms with E-state index in [9.17, 15) is 0 Å². The molecule has 2 N–H and O–H groups in total. The Balaban J connectivity index is 2.11. The predicted octanol–water partition coefficient (Wildman–Crippen LogP) is 2.10. The van der Waals surface area contributed by atoms with E-state index in [2.05, 4.69) is 15.2 Å². The normalized spacial score (nSPS) is 12.7. The molecule has 2 rings (SSSR count). The van der Waals surface area contributed by atoms with Gasteiger partial charge in [-0.1, -0.05) is 17.4 Å². The van der Waals surface area contributed by atoms with E-state index in [0.29, 0.717) is 0 Å². The molecule has 0 saturated heterocycles. The van der Waals surface area contributed by atoms with Crippen LogP contribution in [0, 0.1) is 0 Å². The highest BCUT2D eigenvalue weighted by Gasteiger charge is 2.03. The first-order valence-electron chi connectivity index (χ1n) is 4.41. The summed E-state index contributed by atoms with van der Waals surface area (Å²) in [4.78, 5) is 4.30. The molecule has 0 aliphatic heterocycles. The van der Waals surface area contributed by atoms with Crippen LogP contribution in [0.4, 0.5) is 0 Å². The van der Waals surface area contributed by atoms with E-state index >= 15 is 0 Å². The number of nitrogens with two attached hydrogens (primary N) is 1. The number of hydrogen-bond acceptors (Lipinski definition) is 6. The Morgan fingerprint density at radius 3 is 2.87 bits per heavy atom. The second-order valence-electron chi connectivity index (χ2n) is 3.03. The molecule has 15 heavy (non-hydrogen) atoms. The van der Waals surface area contributed by atoms with Crippen molar-refractivity contribution in [3.63, 3.8) is 0 Å². The first-order valence-corrected chi connectivity index (χ1v) is 6.11. The van der Waals surface area contributed by atoms with E-state index in [1.54, 1.807) is 11.7 Å². The number of pyridine rings is 1. The molecular formula is C9H10N4S2. The van der Waals surface area contributed by atoms with Crippen molar-refractivity contribution >= 4 is 23.1 Å². The van der Waals surface area contributed by atoms with Gasteiger partial charge in [-0.2, -0.15) is 0 Å². The minimum absolute atomic E-state index is 0.0260. The van der Waals surface area contributed by atoms with Crippen LogP contribution in [0.2, 0.25) is 0 Å². The number of nitrogens with zero attached hydrogens (tertiary/aromatic N) is 3. The smallest absolute Gasteiger partial charge is 0.180 e. The highest BCUT2D eigenvalue weighted by atomic mass is 32.2. The lowest BCUT2D eigenvalue weighted by atomic mass is 10.2. The molecule has 2 aromatic rings. The average Bonchev–Trinajstić information content (AvgIpc) is 2.71. The van der Waals surface area contributed by atoms with Gasteiger partial charge in [0.15, 0.2) is 4.34 Å². The molecule has 78 valence electrons. The van der Waals surface area contributed by atoms with Crippen molar-refractivity contribution in [1.82, 2.24) is 15.2 Å². The highest BCUT2D eigenvalue weighted by Crippen LogP contribution is 2.26. The monoisotopic (exact) mass is 238 g/mol. The number of hydrogen-bond donors (Lipinski definition) is 1. The molecule has 6 heteroatoms. The Morgan fingerprint density at radius 2 is 2.33 bits per heavy atom. The summed E-state index contributed by atoms with van der Waals surface area (Å²) in [6.07, 6.45) is 1.80. The summed E-state index contributed by atoms with van der Waals surface area (Å²) in [5.41, 5.74) is 8.48. The van der Waals surface area contributed by atoms with Gasteiger partial charge < -0.3 is 5.73 Å². The lowest BCUT2D eigenvalue weighted by Crippen LogP contribution is -2.04. The maximum Gasteiger partial charge on any atom is 0.180 e. The maximum atomic E-state index is 5.73. The van der Waals surface area contributed by atoms with Crippen molar-refractivity contribution in [3.05, 3.63) is 29.4 Å². The van der Waals surface area contributed by atoms with E-state index in [4.69, 9.17) is 5.73 Å². The minimum Gasteiger partial charge on any atom is -0.324 e. The van der Waals surface area contributed by atoms with Gasteiger partial charge in [-0.3, -0.25) is 0 Å². The van der Waals surface area contributed by atoms with Crippen molar-refractivity contribution in [1.29, 1.82) is 0 Å². The summed E-state index contributed by atoms with van der Waals surface area (Å²) in [6.45, 7) is 1.94. The fraction of sp³-hybridized carbons (Fsp3) is 0.222. The molecule has 0 aromatic carbocycles. The molecule has 0 radical (unpaired) electrons. The summed E-state index contributed by atoms with van der Waals surface area (Å²) in [5, 5.41) is 8.61. The van der Waals surface area contributed by atoms with Crippen LogP contribution in [0.3, 0.4) is 0 Å². The summed E-state index contributed by atoms with van der Waals surface area (Å²) >= 11 is 3.01. The molecular weight excluding hydrogens is 228 g/mol. The maximum absolute atomic E-state index is 5.73. The van der Waals surface area contributed by atoms with Crippen molar-refractivity contribution < 1.29 is 0 Å². The first kappa shape index (κ1) is 10.5. The fourth-order valence-corrected chi connectivity index (χ4v) is 2.38. The van der Waals surface area contributed by atoms with E-state index < -0.39 is 0 Å². The second kappa shape index (κ2) is 4.69. The summed E-state index contributed by atoms with van der Waals surface area (Å²) in [7, 11) is 0. The number of aromatic nitrogens is 3. The van der Waals surface area contributed by atoms with Crippen LogP contribution in [0.5, 0.6) is 0 Å². The quantitative estimate of drug-likeness (QED) is 0.887. The van der Waals surface area contributed by atoms with Crippen LogP contribution in [0.15, 0.2) is 33.2 Å². The van der Waals surface area contributed by atoms with Crippen LogP contribution in [0.1, 0.15) is 18.5 Å². The van der Waals surface area contributed by atoms with Crippen molar-refractivity contribution in [2.45, 2.75) is 22.3 Å². The molecule has 0 saturated carbocycles. The van der Waals surface area contributed by atoms with Crippen molar-refractivity contribution in [2.24, 2.45) is 5.73 Å². The van der Waals surface area contributed by atoms with Gasteiger partial charge in [-0.25, -0.2) is 4.98 Å². The van der Waals surface area contributed by atoms with E-state index in [1.807, 2.05) is 19.1 Å². The van der Waals surface area contributed by atoms with Gasteiger partial charge >= 0.3 is 0 Å². The summed E-state index contributed by atoms with van der Waals surface area (Å²) in [5.74, 6) is 0. The van der Waals surface area contributed by atoms with Gasteiger partial charge in [0.05, 0.1) is 0 Å². The Labute approximate surface area is 95.9 Å². The van der Waals surface area contributed by atoms with E-state index in [-0.39, 0.29) is 6.04 Å². The van der Waals surface area contributed by atoms with Gasteiger partial charge in [0.1, 0.15) is 10.5 Å². The molecule has 0 unspecified atom stereocenters. The van der Waals surface area contributed by atoms with Crippen LogP contribution in [-0.4, -0.2) is 15.2 Å². The topological polar surface area (TPSA) is 64.7 Å². The second-order valence-corrected chi connectivity index (χ2v) is 5.13. The van der Waals surface area contributed by atoms with E-state index in [0.717, 1.165) is 14.9 Å². The molecule has 4 nitrogen and oxygen atoms in total. The average molecular weight is 238 g/mol. The summed E-state index contributed by atoms with van der Waals surface area (Å²) in [6, 6.07) is 3.96. The van der Waals surface area contributed by atoms with Gasteiger partial charge in [0.25, 0.3) is 0 Å². The lowest BCUT2D eigenvalue weighted by molar-refractivity contribution is 0.806. The van der Waals surface area contributed by atoms with Crippen LogP contribution in [-0.2, 0) is 0 Å². The zero-order valence-corrected chi connectivity index (χ0v) is 9.76. The van der Waals surface area contributed by atoms with Gasteiger partial charge in [0.2, 0.25) is 0 Å². The molecule has 0 spiro atoms. The first-order chi connectivity index (χ1) is 7.25.